The fourth-order valence-corrected chi connectivity index (χ4v) is 1.75. The maximum atomic E-state index is 12.6. The molecule has 2 aromatic heterocycles. The molecule has 0 amide bonds. The number of alkyl halides is 3. The second-order valence-electron chi connectivity index (χ2n) is 4.09. The Bertz CT molecular complexity index is 717. The topological polar surface area (TPSA) is 54.7 Å². The van der Waals surface area contributed by atoms with Gasteiger partial charge in [-0.15, -0.1) is 0 Å². The summed E-state index contributed by atoms with van der Waals surface area (Å²) < 4.78 is 42.9. The van der Waals surface area contributed by atoms with Crippen molar-refractivity contribution in [3.05, 3.63) is 48.2 Å². The molecule has 20 heavy (non-hydrogen) atoms. The second kappa shape index (κ2) is 4.52. The van der Waals surface area contributed by atoms with Gasteiger partial charge in [0.1, 0.15) is 5.69 Å². The van der Waals surface area contributed by atoms with Gasteiger partial charge in [-0.05, 0) is 24.3 Å². The van der Waals surface area contributed by atoms with Crippen LogP contribution in [-0.4, -0.2) is 15.1 Å². The minimum absolute atomic E-state index is 0.112. The Balaban J connectivity index is 1.98. The summed E-state index contributed by atoms with van der Waals surface area (Å²) in [6, 6.07) is 8.27. The van der Waals surface area contributed by atoms with Crippen LogP contribution in [0.15, 0.2) is 47.1 Å². The van der Waals surface area contributed by atoms with Crippen molar-refractivity contribution in [2.24, 2.45) is 0 Å². The fraction of sp³-hybridized carbons (Fsp3) is 0.0769. The van der Waals surface area contributed by atoms with Crippen LogP contribution in [0.2, 0.25) is 0 Å². The van der Waals surface area contributed by atoms with E-state index in [1.165, 1.54) is 12.1 Å². The van der Waals surface area contributed by atoms with E-state index >= 15 is 0 Å². The summed E-state index contributed by atoms with van der Waals surface area (Å²) in [4.78, 5) is 6.95. The largest absolute Gasteiger partial charge is 0.416 e. The van der Waals surface area contributed by atoms with Gasteiger partial charge in [0.2, 0.25) is 5.82 Å². The van der Waals surface area contributed by atoms with E-state index in [2.05, 4.69) is 15.1 Å². The monoisotopic (exact) mass is 279 g/mol. The van der Waals surface area contributed by atoms with Gasteiger partial charge in [0.25, 0.3) is 5.89 Å². The number of nitrogens with one attached hydrogen (secondary N) is 1. The number of aromatic amines is 1. The van der Waals surface area contributed by atoms with Crippen molar-refractivity contribution in [2.75, 3.05) is 0 Å². The summed E-state index contributed by atoms with van der Waals surface area (Å²) in [5.74, 6) is 0.336. The molecule has 0 fully saturated rings. The summed E-state index contributed by atoms with van der Waals surface area (Å²) >= 11 is 0. The van der Waals surface area contributed by atoms with E-state index in [9.17, 15) is 13.2 Å². The number of hydrogen-bond acceptors (Lipinski definition) is 3. The minimum atomic E-state index is -4.40. The molecule has 0 radical (unpaired) electrons. The maximum absolute atomic E-state index is 12.6. The summed E-state index contributed by atoms with van der Waals surface area (Å²) in [5.41, 5.74) is 0.110. The van der Waals surface area contributed by atoms with Gasteiger partial charge < -0.3 is 9.51 Å². The van der Waals surface area contributed by atoms with E-state index in [-0.39, 0.29) is 17.3 Å². The first-order valence-electron chi connectivity index (χ1n) is 5.69. The van der Waals surface area contributed by atoms with Crippen molar-refractivity contribution in [2.45, 2.75) is 6.18 Å². The molecule has 0 saturated heterocycles. The van der Waals surface area contributed by atoms with Gasteiger partial charge in [-0.3, -0.25) is 0 Å². The zero-order valence-corrected chi connectivity index (χ0v) is 9.98. The Kier molecular flexibility index (Phi) is 2.81. The van der Waals surface area contributed by atoms with Crippen LogP contribution in [-0.2, 0) is 6.18 Å². The molecule has 3 aromatic rings. The number of H-pyrrole nitrogens is 1. The number of nitrogens with zero attached hydrogens (tertiary/aromatic N) is 2. The average molecular weight is 279 g/mol. The van der Waals surface area contributed by atoms with Gasteiger partial charge >= 0.3 is 6.18 Å². The van der Waals surface area contributed by atoms with Crippen LogP contribution in [0.1, 0.15) is 5.56 Å². The third-order valence-corrected chi connectivity index (χ3v) is 2.70. The molecule has 0 spiro atoms. The van der Waals surface area contributed by atoms with Gasteiger partial charge in [0.15, 0.2) is 0 Å². The van der Waals surface area contributed by atoms with E-state index in [1.807, 2.05) is 0 Å². The molecular weight excluding hydrogens is 271 g/mol. The van der Waals surface area contributed by atoms with Crippen molar-refractivity contribution in [1.82, 2.24) is 15.1 Å². The highest BCUT2D eigenvalue weighted by Gasteiger charge is 2.30. The third kappa shape index (κ3) is 2.29. The molecular formula is C13H8F3N3O. The standard InChI is InChI=1S/C13H8F3N3O/c14-13(15,16)9-4-1-3-8(7-9)11-18-12(20-19-11)10-5-2-6-17-10/h1-7,17H. The lowest BCUT2D eigenvalue weighted by atomic mass is 10.1. The normalized spacial score (nSPS) is 11.8. The predicted molar refractivity (Wildman–Crippen MR) is 64.5 cm³/mol. The molecule has 0 atom stereocenters. The average Bonchev–Trinajstić information content (AvgIpc) is 3.09. The van der Waals surface area contributed by atoms with Crippen LogP contribution in [0.5, 0.6) is 0 Å². The number of hydrogen-bond donors (Lipinski definition) is 1. The van der Waals surface area contributed by atoms with Crippen molar-refractivity contribution in [3.8, 4) is 23.0 Å². The Morgan fingerprint density at radius 1 is 1.10 bits per heavy atom. The Morgan fingerprint density at radius 2 is 1.95 bits per heavy atom. The highest BCUT2D eigenvalue weighted by atomic mass is 19.4. The Hall–Kier alpha value is -2.57. The molecule has 0 aliphatic carbocycles. The molecule has 4 nitrogen and oxygen atoms in total. The molecule has 0 bridgehead atoms. The maximum Gasteiger partial charge on any atom is 0.416 e. The SMILES string of the molecule is FC(F)(F)c1cccc(-c2noc(-c3ccc[nH]3)n2)c1. The molecule has 7 heteroatoms. The van der Waals surface area contributed by atoms with Gasteiger partial charge in [0, 0.05) is 11.8 Å². The minimum Gasteiger partial charge on any atom is -0.357 e. The highest BCUT2D eigenvalue weighted by Crippen LogP contribution is 2.31. The molecule has 2 heterocycles. The second-order valence-corrected chi connectivity index (χ2v) is 4.09. The van der Waals surface area contributed by atoms with Crippen LogP contribution < -0.4 is 0 Å². The van der Waals surface area contributed by atoms with Crippen molar-refractivity contribution in [3.63, 3.8) is 0 Å². The summed E-state index contributed by atoms with van der Waals surface area (Å²) in [5, 5.41) is 3.69. The highest BCUT2D eigenvalue weighted by molar-refractivity contribution is 5.59. The van der Waals surface area contributed by atoms with E-state index < -0.39 is 11.7 Å². The molecule has 0 unspecified atom stereocenters. The number of aromatic nitrogens is 3. The number of halogens is 3. The van der Waals surface area contributed by atoms with Gasteiger partial charge in [-0.2, -0.15) is 18.2 Å². The first-order valence-corrected chi connectivity index (χ1v) is 5.69. The van der Waals surface area contributed by atoms with E-state index in [4.69, 9.17) is 4.52 Å². The third-order valence-electron chi connectivity index (χ3n) is 2.70. The molecule has 3 rings (SSSR count). The van der Waals surface area contributed by atoms with E-state index in [0.717, 1.165) is 12.1 Å². The Morgan fingerprint density at radius 3 is 2.65 bits per heavy atom. The number of benzene rings is 1. The van der Waals surface area contributed by atoms with Crippen LogP contribution in [0, 0.1) is 0 Å². The number of rotatable bonds is 2. The van der Waals surface area contributed by atoms with Crippen molar-refractivity contribution >= 4 is 0 Å². The fourth-order valence-electron chi connectivity index (χ4n) is 1.75. The predicted octanol–water partition coefficient (Wildman–Crippen LogP) is 3.75. The van der Waals surface area contributed by atoms with Crippen molar-refractivity contribution in [1.29, 1.82) is 0 Å². The summed E-state index contributed by atoms with van der Waals surface area (Å²) in [6.45, 7) is 0. The van der Waals surface area contributed by atoms with E-state index in [1.54, 1.807) is 18.3 Å². The van der Waals surface area contributed by atoms with Crippen LogP contribution in [0.3, 0.4) is 0 Å². The quantitative estimate of drug-likeness (QED) is 0.777. The molecule has 0 aliphatic heterocycles. The lowest BCUT2D eigenvalue weighted by Gasteiger charge is -2.06. The zero-order chi connectivity index (χ0) is 14.2. The van der Waals surface area contributed by atoms with Gasteiger partial charge in [-0.25, -0.2) is 0 Å². The molecule has 1 N–H and O–H groups in total. The van der Waals surface area contributed by atoms with Crippen LogP contribution in [0.4, 0.5) is 13.2 Å². The first kappa shape index (κ1) is 12.5. The first-order chi connectivity index (χ1) is 9.54. The summed E-state index contributed by atoms with van der Waals surface area (Å²) in [7, 11) is 0. The molecule has 1 aromatic carbocycles. The van der Waals surface area contributed by atoms with Gasteiger partial charge in [-0.1, -0.05) is 17.3 Å². The lowest BCUT2D eigenvalue weighted by molar-refractivity contribution is -0.137. The zero-order valence-electron chi connectivity index (χ0n) is 9.98. The van der Waals surface area contributed by atoms with E-state index in [0.29, 0.717) is 5.69 Å². The molecule has 0 aliphatic rings. The van der Waals surface area contributed by atoms with Crippen LogP contribution >= 0.6 is 0 Å². The molecule has 102 valence electrons. The summed E-state index contributed by atoms with van der Waals surface area (Å²) in [6.07, 6.45) is -2.72. The van der Waals surface area contributed by atoms with Gasteiger partial charge in [0.05, 0.1) is 5.56 Å². The smallest absolute Gasteiger partial charge is 0.357 e. The molecule has 0 saturated carbocycles. The Labute approximate surface area is 111 Å². The lowest BCUT2D eigenvalue weighted by Crippen LogP contribution is -2.04. The van der Waals surface area contributed by atoms with Crippen molar-refractivity contribution < 1.29 is 17.7 Å². The van der Waals surface area contributed by atoms with Crippen LogP contribution in [0.25, 0.3) is 23.0 Å².